The van der Waals surface area contributed by atoms with E-state index in [-0.39, 0.29) is 29.4 Å². The first-order valence-electron chi connectivity index (χ1n) is 11.2. The maximum Gasteiger partial charge on any atom is 0.335 e. The number of nitrogens with zero attached hydrogens (tertiary/aromatic N) is 1. The highest BCUT2D eigenvalue weighted by Gasteiger charge is 2.36. The first-order valence-corrected chi connectivity index (χ1v) is 11.2. The van der Waals surface area contributed by atoms with E-state index in [0.717, 1.165) is 17.0 Å². The highest BCUT2D eigenvalue weighted by molar-refractivity contribution is 6.39. The molecule has 4 rings (SSSR count). The van der Waals surface area contributed by atoms with E-state index >= 15 is 0 Å². The van der Waals surface area contributed by atoms with Crippen LogP contribution in [0.15, 0.2) is 72.3 Å². The van der Waals surface area contributed by atoms with Gasteiger partial charge in [-0.15, -0.1) is 0 Å². The van der Waals surface area contributed by atoms with Crippen LogP contribution in [-0.2, 0) is 14.4 Å². The summed E-state index contributed by atoms with van der Waals surface area (Å²) in [6, 6.07) is 15.2. The molecule has 0 atom stereocenters. The summed E-state index contributed by atoms with van der Waals surface area (Å²) in [4.78, 5) is 50.8. The number of halogens is 1. The molecule has 0 aromatic heterocycles. The van der Waals surface area contributed by atoms with Gasteiger partial charge in [-0.2, -0.15) is 0 Å². The molecule has 0 radical (unpaired) electrons. The molecule has 0 saturated carbocycles. The van der Waals surface area contributed by atoms with Crippen LogP contribution in [0.3, 0.4) is 0 Å². The topological polar surface area (TPSA) is 123 Å². The highest BCUT2D eigenvalue weighted by atomic mass is 19.1. The molecule has 1 heterocycles. The van der Waals surface area contributed by atoms with Crippen LogP contribution in [0.2, 0.25) is 0 Å². The van der Waals surface area contributed by atoms with E-state index in [1.807, 2.05) is 0 Å². The van der Waals surface area contributed by atoms with Crippen molar-refractivity contribution in [2.75, 3.05) is 31.0 Å². The monoisotopic (exact) mass is 519 g/mol. The Balaban J connectivity index is 1.50. The van der Waals surface area contributed by atoms with Gasteiger partial charge in [0.25, 0.3) is 17.7 Å². The second kappa shape index (κ2) is 11.2. The fourth-order valence-electron chi connectivity index (χ4n) is 3.62. The third-order valence-corrected chi connectivity index (χ3v) is 5.43. The number of carbonyl (C=O) groups is 4. The molecular weight excluding hydrogens is 497 g/mol. The summed E-state index contributed by atoms with van der Waals surface area (Å²) in [5, 5.41) is 4.79. The second-order valence-electron chi connectivity index (χ2n) is 7.88. The first kappa shape index (κ1) is 25.9. The van der Waals surface area contributed by atoms with Crippen molar-refractivity contribution < 1.29 is 37.8 Å². The van der Waals surface area contributed by atoms with Crippen molar-refractivity contribution in [1.82, 2.24) is 5.32 Å². The minimum Gasteiger partial charge on any atom is -0.495 e. The number of imide groups is 2. The Bertz CT molecular complexity index is 1440. The number of carbonyl (C=O) groups excluding carboxylic acids is 4. The number of barbiturate groups is 1. The van der Waals surface area contributed by atoms with Crippen molar-refractivity contribution >= 4 is 41.2 Å². The summed E-state index contributed by atoms with van der Waals surface area (Å²) in [7, 11) is 2.88. The minimum absolute atomic E-state index is 0.0972. The van der Waals surface area contributed by atoms with Crippen molar-refractivity contribution in [3.8, 4) is 17.2 Å². The molecule has 0 aliphatic carbocycles. The number of hydrogen-bond acceptors (Lipinski definition) is 7. The van der Waals surface area contributed by atoms with E-state index in [2.05, 4.69) is 10.6 Å². The molecule has 1 fully saturated rings. The average molecular weight is 519 g/mol. The Morgan fingerprint density at radius 3 is 2.37 bits per heavy atom. The van der Waals surface area contributed by atoms with Crippen LogP contribution < -0.4 is 29.7 Å². The van der Waals surface area contributed by atoms with Crippen LogP contribution in [0.5, 0.6) is 17.2 Å². The van der Waals surface area contributed by atoms with Crippen LogP contribution in [0, 0.1) is 5.82 Å². The maximum absolute atomic E-state index is 13.3. The number of ether oxygens (including phenoxy) is 3. The smallest absolute Gasteiger partial charge is 0.335 e. The number of anilines is 2. The molecule has 3 aromatic rings. The molecule has 1 aliphatic rings. The van der Waals surface area contributed by atoms with Crippen molar-refractivity contribution in [1.29, 1.82) is 0 Å². The zero-order chi connectivity index (χ0) is 27.2. The van der Waals surface area contributed by atoms with Gasteiger partial charge >= 0.3 is 6.03 Å². The Morgan fingerprint density at radius 1 is 0.947 bits per heavy atom. The zero-order valence-corrected chi connectivity index (χ0v) is 20.3. The van der Waals surface area contributed by atoms with Gasteiger partial charge in [0, 0.05) is 0 Å². The average Bonchev–Trinajstić information content (AvgIpc) is 2.91. The largest absolute Gasteiger partial charge is 0.495 e. The summed E-state index contributed by atoms with van der Waals surface area (Å²) in [6.45, 7) is -0.329. The molecule has 0 unspecified atom stereocenters. The van der Waals surface area contributed by atoms with Crippen molar-refractivity contribution in [3.63, 3.8) is 0 Å². The lowest BCUT2D eigenvalue weighted by Crippen LogP contribution is -2.54. The molecule has 0 spiro atoms. The zero-order valence-electron chi connectivity index (χ0n) is 20.3. The van der Waals surface area contributed by atoms with Gasteiger partial charge in [-0.05, 0) is 60.2 Å². The van der Waals surface area contributed by atoms with Crippen molar-refractivity contribution in [2.24, 2.45) is 0 Å². The molecule has 11 heteroatoms. The number of para-hydroxylation sites is 2. The molecule has 5 amide bonds. The van der Waals surface area contributed by atoms with Crippen molar-refractivity contribution in [3.05, 3.63) is 83.7 Å². The summed E-state index contributed by atoms with van der Waals surface area (Å²) >= 11 is 0. The fraction of sp³-hybridized carbons (Fsp3) is 0.111. The quantitative estimate of drug-likeness (QED) is 0.345. The lowest BCUT2D eigenvalue weighted by atomic mass is 10.1. The van der Waals surface area contributed by atoms with Crippen LogP contribution in [0.4, 0.5) is 20.6 Å². The number of benzene rings is 3. The molecule has 194 valence electrons. The van der Waals surface area contributed by atoms with E-state index in [9.17, 15) is 23.6 Å². The van der Waals surface area contributed by atoms with Gasteiger partial charge in [-0.3, -0.25) is 19.7 Å². The minimum atomic E-state index is -0.948. The second-order valence-corrected chi connectivity index (χ2v) is 7.88. The summed E-state index contributed by atoms with van der Waals surface area (Å²) in [6.07, 6.45) is 1.28. The molecule has 1 aliphatic heterocycles. The number of urea groups is 1. The molecular formula is C27H22FN3O7. The third kappa shape index (κ3) is 5.62. The molecule has 38 heavy (non-hydrogen) atoms. The Hall–Kier alpha value is -5.19. The Kier molecular flexibility index (Phi) is 7.66. The van der Waals surface area contributed by atoms with E-state index in [1.54, 1.807) is 30.3 Å². The van der Waals surface area contributed by atoms with E-state index in [4.69, 9.17) is 14.2 Å². The van der Waals surface area contributed by atoms with Crippen LogP contribution in [0.25, 0.3) is 6.08 Å². The van der Waals surface area contributed by atoms with Gasteiger partial charge < -0.3 is 19.5 Å². The molecule has 0 bridgehead atoms. The van der Waals surface area contributed by atoms with Gasteiger partial charge in [-0.25, -0.2) is 14.1 Å². The maximum atomic E-state index is 13.3. The van der Waals surface area contributed by atoms with Crippen LogP contribution in [0.1, 0.15) is 5.56 Å². The van der Waals surface area contributed by atoms with Gasteiger partial charge in [0.2, 0.25) is 0 Å². The predicted octanol–water partition coefficient (Wildman–Crippen LogP) is 3.53. The lowest BCUT2D eigenvalue weighted by Gasteiger charge is -2.26. The molecule has 10 nitrogen and oxygen atoms in total. The number of nitrogens with one attached hydrogen (secondary N) is 2. The summed E-state index contributed by atoms with van der Waals surface area (Å²) < 4.78 is 29.4. The summed E-state index contributed by atoms with van der Waals surface area (Å²) in [5.41, 5.74) is 0.654. The molecule has 1 saturated heterocycles. The number of hydrogen-bond donors (Lipinski definition) is 2. The third-order valence-electron chi connectivity index (χ3n) is 5.43. The standard InChI is InChI=1S/C27H22FN3O7/c1-36-21-6-4-3-5-20(21)29-24(32)15-38-22-12-7-16(14-23(22)37-2)13-19-25(33)30-27(35)31(26(19)34)18-10-8-17(28)9-11-18/h3-14H,15H2,1-2H3,(H,29,32)(H,30,33,35)/b19-13+. The highest BCUT2D eigenvalue weighted by Crippen LogP contribution is 2.30. The SMILES string of the molecule is COc1ccccc1NC(=O)COc1ccc(/C=C2\C(=O)NC(=O)N(c3ccc(F)cc3)C2=O)cc1OC. The van der Waals surface area contributed by atoms with Gasteiger partial charge in [0.1, 0.15) is 17.1 Å². The Labute approximate surface area is 216 Å². The van der Waals surface area contributed by atoms with Gasteiger partial charge in [-0.1, -0.05) is 18.2 Å². The number of methoxy groups -OCH3 is 2. The number of rotatable bonds is 8. The predicted molar refractivity (Wildman–Crippen MR) is 136 cm³/mol. The fourth-order valence-corrected chi connectivity index (χ4v) is 3.62. The van der Waals surface area contributed by atoms with Crippen LogP contribution in [-0.4, -0.2) is 44.6 Å². The Morgan fingerprint density at radius 2 is 1.66 bits per heavy atom. The first-order chi connectivity index (χ1) is 18.3. The van der Waals surface area contributed by atoms with Crippen LogP contribution >= 0.6 is 0 Å². The molecule has 2 N–H and O–H groups in total. The normalized spacial score (nSPS) is 14.2. The van der Waals surface area contributed by atoms with Gasteiger partial charge in [0.15, 0.2) is 18.1 Å². The van der Waals surface area contributed by atoms with E-state index < -0.39 is 29.6 Å². The molecule has 3 aromatic carbocycles. The lowest BCUT2D eigenvalue weighted by molar-refractivity contribution is -0.122. The van der Waals surface area contributed by atoms with E-state index in [0.29, 0.717) is 17.0 Å². The van der Waals surface area contributed by atoms with Crippen molar-refractivity contribution in [2.45, 2.75) is 0 Å². The summed E-state index contributed by atoms with van der Waals surface area (Å²) in [5.74, 6) is -1.76. The van der Waals surface area contributed by atoms with E-state index in [1.165, 1.54) is 44.6 Å². The van der Waals surface area contributed by atoms with Gasteiger partial charge in [0.05, 0.1) is 25.6 Å². The number of amides is 5.